The number of H-pyrrole nitrogens is 1. The lowest BCUT2D eigenvalue weighted by Gasteiger charge is -2.15. The summed E-state index contributed by atoms with van der Waals surface area (Å²) < 4.78 is 14.1. The molecule has 3 atom stereocenters. The smallest absolute Gasteiger partial charge is 0.336 e. The van der Waals surface area contributed by atoms with Crippen molar-refractivity contribution in [1.29, 1.82) is 0 Å². The molecule has 2 aromatic heterocycles. The van der Waals surface area contributed by atoms with Gasteiger partial charge in [0.2, 0.25) is 5.91 Å². The summed E-state index contributed by atoms with van der Waals surface area (Å²) in [6, 6.07) is 6.71. The number of carbonyl (C=O) groups is 3. The molecule has 0 spiro atoms. The van der Waals surface area contributed by atoms with Crippen molar-refractivity contribution in [3.05, 3.63) is 67.3 Å². The number of hydrogen-bond acceptors (Lipinski definition) is 9. The number of benzene rings is 1. The number of esters is 1. The van der Waals surface area contributed by atoms with E-state index in [1.807, 2.05) is 0 Å². The van der Waals surface area contributed by atoms with Gasteiger partial charge < -0.3 is 19.9 Å². The van der Waals surface area contributed by atoms with Crippen LogP contribution in [0.25, 0.3) is 11.0 Å². The molecule has 3 aromatic rings. The van der Waals surface area contributed by atoms with E-state index in [1.165, 1.54) is 18.4 Å². The Morgan fingerprint density at radius 3 is 2.51 bits per heavy atom. The fourth-order valence-corrected chi connectivity index (χ4v) is 4.34. The molecule has 1 amide bonds. The summed E-state index contributed by atoms with van der Waals surface area (Å²) in [5.74, 6) is -1.86. The minimum absolute atomic E-state index is 0.0108. The molecule has 0 saturated carbocycles. The molecular weight excluding hydrogens is 490 g/mol. The number of aromatic nitrogens is 4. The van der Waals surface area contributed by atoms with Gasteiger partial charge in [0.1, 0.15) is 24.0 Å². The van der Waals surface area contributed by atoms with E-state index in [1.54, 1.807) is 24.3 Å². The van der Waals surface area contributed by atoms with E-state index in [0.29, 0.717) is 11.0 Å². The third kappa shape index (κ3) is 5.01. The van der Waals surface area contributed by atoms with Gasteiger partial charge in [-0.1, -0.05) is 12.1 Å². The first-order valence-corrected chi connectivity index (χ1v) is 11.4. The second-order valence-electron chi connectivity index (χ2n) is 8.44. The molecule has 1 fully saturated rings. The van der Waals surface area contributed by atoms with Gasteiger partial charge in [-0.05, 0) is 12.1 Å². The molecule has 0 bridgehead atoms. The zero-order valence-electron chi connectivity index (χ0n) is 20.0. The zero-order valence-corrected chi connectivity index (χ0v) is 20.0. The van der Waals surface area contributed by atoms with Crippen LogP contribution in [0.2, 0.25) is 0 Å². The number of imidazole rings is 1. The first kappa shape index (κ1) is 25.8. The SMILES string of the molecule is CC(=O)OC1C[C@H](n2cc(C(=O)NCCn3c(=O)n(C(C)=O)c4ccccc43)c(=O)[nH]c2=O)O[C@@H]1CO. The van der Waals surface area contributed by atoms with E-state index >= 15 is 0 Å². The van der Waals surface area contributed by atoms with Gasteiger partial charge in [0.05, 0.1) is 17.6 Å². The second kappa shape index (κ2) is 10.4. The Hall–Kier alpha value is -4.30. The molecule has 3 N–H and O–H groups in total. The van der Waals surface area contributed by atoms with Crippen LogP contribution < -0.4 is 22.3 Å². The van der Waals surface area contributed by atoms with E-state index in [0.717, 1.165) is 15.3 Å². The van der Waals surface area contributed by atoms with Crippen molar-refractivity contribution in [2.75, 3.05) is 13.2 Å². The minimum Gasteiger partial charge on any atom is -0.460 e. The van der Waals surface area contributed by atoms with Gasteiger partial charge in [-0.15, -0.1) is 0 Å². The number of rotatable bonds is 7. The van der Waals surface area contributed by atoms with Crippen molar-refractivity contribution in [3.8, 4) is 0 Å². The molecule has 1 aliphatic heterocycles. The third-order valence-corrected chi connectivity index (χ3v) is 5.97. The van der Waals surface area contributed by atoms with Crippen LogP contribution >= 0.6 is 0 Å². The minimum atomic E-state index is -1.01. The number of hydrogen-bond donors (Lipinski definition) is 3. The Bertz CT molecular complexity index is 1550. The summed E-state index contributed by atoms with van der Waals surface area (Å²) in [6.07, 6.45) is -1.67. The van der Waals surface area contributed by atoms with Gasteiger partial charge in [-0.25, -0.2) is 14.2 Å². The molecule has 14 nitrogen and oxygen atoms in total. The van der Waals surface area contributed by atoms with Crippen molar-refractivity contribution < 1.29 is 29.0 Å². The lowest BCUT2D eigenvalue weighted by molar-refractivity contribution is -0.150. The quantitative estimate of drug-likeness (QED) is 0.331. The lowest BCUT2D eigenvalue weighted by atomic mass is 10.2. The number of nitrogens with zero attached hydrogens (tertiary/aromatic N) is 3. The number of fused-ring (bicyclic) bond motifs is 1. The van der Waals surface area contributed by atoms with E-state index in [9.17, 15) is 33.9 Å². The average Bonchev–Trinajstić information content (AvgIpc) is 3.36. The van der Waals surface area contributed by atoms with E-state index in [-0.39, 0.29) is 19.5 Å². The van der Waals surface area contributed by atoms with Crippen LogP contribution in [0.1, 0.15) is 41.6 Å². The Morgan fingerprint density at radius 2 is 1.86 bits per heavy atom. The number of aromatic amines is 1. The number of aliphatic hydroxyl groups is 1. The number of amides is 1. The maximum atomic E-state index is 12.8. The highest BCUT2D eigenvalue weighted by Crippen LogP contribution is 2.29. The van der Waals surface area contributed by atoms with E-state index in [4.69, 9.17) is 9.47 Å². The Labute approximate surface area is 208 Å². The first-order chi connectivity index (χ1) is 17.6. The molecule has 1 aliphatic rings. The Morgan fingerprint density at radius 1 is 1.16 bits per heavy atom. The van der Waals surface area contributed by atoms with Crippen molar-refractivity contribution >= 4 is 28.8 Å². The predicted molar refractivity (Wildman–Crippen MR) is 127 cm³/mol. The fraction of sp³-hybridized carbons (Fsp3) is 0.391. The molecule has 14 heteroatoms. The van der Waals surface area contributed by atoms with Crippen LogP contribution in [0.5, 0.6) is 0 Å². The molecule has 1 unspecified atom stereocenters. The molecule has 3 heterocycles. The number of para-hydroxylation sites is 2. The van der Waals surface area contributed by atoms with Crippen molar-refractivity contribution in [3.63, 3.8) is 0 Å². The van der Waals surface area contributed by atoms with Gasteiger partial charge in [-0.2, -0.15) is 0 Å². The average molecular weight is 515 g/mol. The highest BCUT2D eigenvalue weighted by atomic mass is 16.6. The highest BCUT2D eigenvalue weighted by molar-refractivity contribution is 5.93. The van der Waals surface area contributed by atoms with Crippen molar-refractivity contribution in [2.24, 2.45) is 0 Å². The van der Waals surface area contributed by atoms with Gasteiger partial charge >= 0.3 is 17.3 Å². The normalized spacial score (nSPS) is 19.2. The van der Waals surface area contributed by atoms with E-state index in [2.05, 4.69) is 10.3 Å². The largest absolute Gasteiger partial charge is 0.460 e. The molecular formula is C23H25N5O9. The first-order valence-electron chi connectivity index (χ1n) is 11.4. The summed E-state index contributed by atoms with van der Waals surface area (Å²) in [5.41, 5.74) is -1.80. The molecule has 0 aliphatic carbocycles. The van der Waals surface area contributed by atoms with Crippen molar-refractivity contribution in [2.45, 2.75) is 45.2 Å². The van der Waals surface area contributed by atoms with Crippen LogP contribution in [0.4, 0.5) is 0 Å². The lowest BCUT2D eigenvalue weighted by Crippen LogP contribution is -2.39. The molecule has 0 radical (unpaired) electrons. The summed E-state index contributed by atoms with van der Waals surface area (Å²) in [5, 5.41) is 12.0. The van der Waals surface area contributed by atoms with Crippen LogP contribution in [-0.4, -0.2) is 66.9 Å². The molecule has 196 valence electrons. The monoisotopic (exact) mass is 515 g/mol. The fourth-order valence-electron chi connectivity index (χ4n) is 4.34. The Kier molecular flexibility index (Phi) is 7.22. The Balaban J connectivity index is 1.52. The van der Waals surface area contributed by atoms with Crippen LogP contribution in [0.3, 0.4) is 0 Å². The number of aliphatic hydroxyl groups excluding tert-OH is 1. The molecule has 1 aromatic carbocycles. The second-order valence-corrected chi connectivity index (χ2v) is 8.44. The summed E-state index contributed by atoms with van der Waals surface area (Å²) in [7, 11) is 0. The zero-order chi connectivity index (χ0) is 26.9. The van der Waals surface area contributed by atoms with Gasteiger partial charge in [0.15, 0.2) is 0 Å². The van der Waals surface area contributed by atoms with Crippen molar-refractivity contribution in [1.82, 2.24) is 24.0 Å². The summed E-state index contributed by atoms with van der Waals surface area (Å²) in [4.78, 5) is 75.6. The maximum Gasteiger partial charge on any atom is 0.336 e. The molecule has 4 rings (SSSR count). The van der Waals surface area contributed by atoms with Crippen LogP contribution in [0.15, 0.2) is 44.8 Å². The van der Waals surface area contributed by atoms with Gasteiger partial charge in [0, 0.05) is 39.6 Å². The van der Waals surface area contributed by atoms with E-state index < -0.39 is 65.3 Å². The third-order valence-electron chi connectivity index (χ3n) is 5.97. The standard InChI is InChI=1S/C23H25N5O9/c1-12(30)28-16-6-4-3-5-15(16)26(23(28)35)8-7-24-20(32)14-10-27(22(34)25-21(14)33)19-9-17(36-13(2)31)18(11-29)37-19/h3-6,10,17-19,29H,7-9,11H2,1-2H3,(H,24,32)(H,25,33,34)/t17?,18-,19-/m1/s1. The molecule has 37 heavy (non-hydrogen) atoms. The van der Waals surface area contributed by atoms with Crippen LogP contribution in [0, 0.1) is 0 Å². The topological polar surface area (TPSA) is 184 Å². The number of carbonyl (C=O) groups excluding carboxylic acids is 3. The number of ether oxygens (including phenoxy) is 2. The summed E-state index contributed by atoms with van der Waals surface area (Å²) >= 11 is 0. The van der Waals surface area contributed by atoms with Gasteiger partial charge in [0.25, 0.3) is 11.5 Å². The molecule has 1 saturated heterocycles. The van der Waals surface area contributed by atoms with Gasteiger partial charge in [-0.3, -0.25) is 33.3 Å². The van der Waals surface area contributed by atoms with Crippen LogP contribution in [-0.2, 0) is 20.8 Å². The summed E-state index contributed by atoms with van der Waals surface area (Å²) in [6.45, 7) is 1.94. The predicted octanol–water partition coefficient (Wildman–Crippen LogP) is -1.05. The number of nitrogens with one attached hydrogen (secondary N) is 2. The maximum absolute atomic E-state index is 12.8. The highest BCUT2D eigenvalue weighted by Gasteiger charge is 2.38.